The van der Waals surface area contributed by atoms with E-state index in [2.05, 4.69) is 10.1 Å². The fourth-order valence-electron chi connectivity index (χ4n) is 3.61. The molecule has 228 valence electrons. The van der Waals surface area contributed by atoms with Crippen LogP contribution in [0.1, 0.15) is 58.1 Å². The van der Waals surface area contributed by atoms with Crippen LogP contribution >= 0.6 is 0 Å². The summed E-state index contributed by atoms with van der Waals surface area (Å²) in [5.41, 5.74) is 0.805. The Labute approximate surface area is 237 Å². The lowest BCUT2D eigenvalue weighted by atomic mass is 10.0. The lowest BCUT2D eigenvalue weighted by Gasteiger charge is -2.26. The van der Waals surface area contributed by atoms with Gasteiger partial charge in [0.1, 0.15) is 11.4 Å². The maximum absolute atomic E-state index is 14.4. The van der Waals surface area contributed by atoms with Crippen LogP contribution in [0.2, 0.25) is 0 Å². The normalized spacial score (nSPS) is 12.1. The Balaban J connectivity index is 2.25. The van der Waals surface area contributed by atoms with E-state index in [1.807, 2.05) is 27.7 Å². The van der Waals surface area contributed by atoms with Crippen LogP contribution in [-0.2, 0) is 39.8 Å². The molecule has 0 fully saturated rings. The molecule has 1 aromatic carbocycles. The third-order valence-electron chi connectivity index (χ3n) is 5.59. The van der Waals surface area contributed by atoms with Crippen LogP contribution in [0.5, 0.6) is 0 Å². The summed E-state index contributed by atoms with van der Waals surface area (Å²) in [6.45, 7) is 12.4. The van der Waals surface area contributed by atoms with Crippen molar-refractivity contribution in [3.05, 3.63) is 35.1 Å². The number of ether oxygens (including phenoxy) is 5. The fraction of sp³-hybridized carbons (Fsp3) is 0.690. The van der Waals surface area contributed by atoms with E-state index in [0.717, 1.165) is 5.56 Å². The van der Waals surface area contributed by atoms with Crippen LogP contribution in [0.4, 0.5) is 9.18 Å². The number of nitrogens with one attached hydrogen (secondary N) is 1. The summed E-state index contributed by atoms with van der Waals surface area (Å²) < 4.78 is 40.8. The number of halogens is 1. The number of hydrogen-bond acceptors (Lipinski definition) is 8. The standard InChI is InChI=1S/C29H47FN2O8/c1-22-9-10-25(30)24(19-22)21-32(27(34)23(2)20-26(33)36-6)12-8-14-38-16-18-39-17-15-37-13-7-11-31-28(35)40-29(3,4)5/h9-10,19,23H,7-8,11-18,20-21H2,1-6H3,(H,31,35)/t23-/m0/s1. The van der Waals surface area contributed by atoms with Crippen LogP contribution in [-0.4, -0.2) is 88.3 Å². The van der Waals surface area contributed by atoms with Crippen LogP contribution in [0.25, 0.3) is 0 Å². The zero-order valence-electron chi connectivity index (χ0n) is 24.9. The number of alkyl carbamates (subject to hydrolysis) is 1. The predicted octanol–water partition coefficient (Wildman–Crippen LogP) is 4.02. The van der Waals surface area contributed by atoms with Gasteiger partial charge in [-0.1, -0.05) is 24.6 Å². The van der Waals surface area contributed by atoms with Crippen molar-refractivity contribution in [3.63, 3.8) is 0 Å². The number of carbonyl (C=O) groups excluding carboxylic acids is 3. The number of hydrogen-bond donors (Lipinski definition) is 1. The van der Waals surface area contributed by atoms with Gasteiger partial charge in [0.15, 0.2) is 0 Å². The Morgan fingerprint density at radius 1 is 0.975 bits per heavy atom. The van der Waals surface area contributed by atoms with Gasteiger partial charge in [-0.3, -0.25) is 9.59 Å². The third-order valence-corrected chi connectivity index (χ3v) is 5.59. The summed E-state index contributed by atoms with van der Waals surface area (Å²) in [7, 11) is 1.28. The molecular formula is C29H47FN2O8. The second kappa shape index (κ2) is 19.3. The van der Waals surface area contributed by atoms with Gasteiger partial charge in [0.25, 0.3) is 0 Å². The molecule has 0 aliphatic carbocycles. The summed E-state index contributed by atoms with van der Waals surface area (Å²) in [5.74, 6) is -1.67. The second-order valence-corrected chi connectivity index (χ2v) is 10.5. The van der Waals surface area contributed by atoms with Crippen LogP contribution < -0.4 is 5.32 Å². The first kappa shape index (κ1) is 35.3. The molecule has 10 nitrogen and oxygen atoms in total. The minimum atomic E-state index is -0.585. The minimum Gasteiger partial charge on any atom is -0.469 e. The number of esters is 1. The molecule has 0 saturated heterocycles. The van der Waals surface area contributed by atoms with Crippen molar-refractivity contribution in [2.24, 2.45) is 5.92 Å². The molecule has 11 heteroatoms. The molecular weight excluding hydrogens is 523 g/mol. The largest absolute Gasteiger partial charge is 0.469 e. The molecule has 40 heavy (non-hydrogen) atoms. The molecule has 1 rings (SSSR count). The van der Waals surface area contributed by atoms with Gasteiger partial charge in [-0.15, -0.1) is 0 Å². The monoisotopic (exact) mass is 570 g/mol. The highest BCUT2D eigenvalue weighted by molar-refractivity contribution is 5.83. The van der Waals surface area contributed by atoms with Gasteiger partial charge in [-0.05, 0) is 46.6 Å². The zero-order chi connectivity index (χ0) is 30.0. The van der Waals surface area contributed by atoms with Crippen molar-refractivity contribution in [1.82, 2.24) is 10.2 Å². The number of aryl methyl sites for hydroxylation is 1. The lowest BCUT2D eigenvalue weighted by Crippen LogP contribution is -2.37. The molecule has 0 bridgehead atoms. The van der Waals surface area contributed by atoms with E-state index in [1.165, 1.54) is 13.2 Å². The Morgan fingerprint density at radius 2 is 1.57 bits per heavy atom. The molecule has 0 unspecified atom stereocenters. The number of methoxy groups -OCH3 is 1. The van der Waals surface area contributed by atoms with E-state index in [4.69, 9.17) is 18.9 Å². The van der Waals surface area contributed by atoms with E-state index in [1.54, 1.807) is 24.0 Å². The molecule has 0 aliphatic rings. The quantitative estimate of drug-likeness (QED) is 0.196. The minimum absolute atomic E-state index is 0.0390. The zero-order valence-corrected chi connectivity index (χ0v) is 24.9. The van der Waals surface area contributed by atoms with E-state index in [9.17, 15) is 18.8 Å². The van der Waals surface area contributed by atoms with E-state index in [-0.39, 0.29) is 24.7 Å². The van der Waals surface area contributed by atoms with E-state index in [0.29, 0.717) is 71.1 Å². The van der Waals surface area contributed by atoms with Gasteiger partial charge in [0.05, 0.1) is 40.0 Å². The number of benzene rings is 1. The topological polar surface area (TPSA) is 113 Å². The molecule has 1 atom stereocenters. The summed E-state index contributed by atoms with van der Waals surface area (Å²) in [6.07, 6.45) is 0.732. The first-order chi connectivity index (χ1) is 18.9. The van der Waals surface area contributed by atoms with Gasteiger partial charge in [0.2, 0.25) is 5.91 Å². The fourth-order valence-corrected chi connectivity index (χ4v) is 3.61. The van der Waals surface area contributed by atoms with E-state index < -0.39 is 23.6 Å². The van der Waals surface area contributed by atoms with Crippen molar-refractivity contribution < 1.29 is 42.5 Å². The molecule has 1 N–H and O–H groups in total. The van der Waals surface area contributed by atoms with Gasteiger partial charge in [-0.25, -0.2) is 9.18 Å². The number of nitrogens with zero attached hydrogens (tertiary/aromatic N) is 1. The summed E-state index contributed by atoms with van der Waals surface area (Å²) in [4.78, 5) is 37.8. The molecule has 1 aromatic rings. The predicted molar refractivity (Wildman–Crippen MR) is 148 cm³/mol. The molecule has 0 heterocycles. The average Bonchev–Trinajstić information content (AvgIpc) is 2.88. The molecule has 2 amide bonds. The number of rotatable bonds is 19. The molecule has 0 radical (unpaired) electrons. The van der Waals surface area contributed by atoms with Crippen LogP contribution in [0.3, 0.4) is 0 Å². The Kier molecular flexibility index (Phi) is 17.1. The second-order valence-electron chi connectivity index (χ2n) is 10.5. The highest BCUT2D eigenvalue weighted by atomic mass is 19.1. The smallest absolute Gasteiger partial charge is 0.407 e. The first-order valence-corrected chi connectivity index (χ1v) is 13.7. The average molecular weight is 571 g/mol. The lowest BCUT2D eigenvalue weighted by molar-refractivity contribution is -0.146. The number of carbonyl (C=O) groups is 3. The van der Waals surface area contributed by atoms with Crippen molar-refractivity contribution >= 4 is 18.0 Å². The SMILES string of the molecule is COC(=O)C[C@H](C)C(=O)N(CCCOCCOCCOCCCNC(=O)OC(C)(C)C)Cc1cc(C)ccc1F. The summed E-state index contributed by atoms with van der Waals surface area (Å²) in [6, 6.07) is 4.79. The maximum atomic E-state index is 14.4. The Hall–Kier alpha value is -2.76. The number of amides is 2. The van der Waals surface area contributed by atoms with Crippen molar-refractivity contribution in [3.8, 4) is 0 Å². The highest BCUT2D eigenvalue weighted by Gasteiger charge is 2.24. The van der Waals surface area contributed by atoms with Gasteiger partial charge in [-0.2, -0.15) is 0 Å². The molecule has 0 aliphatic heterocycles. The first-order valence-electron chi connectivity index (χ1n) is 13.7. The molecule has 0 spiro atoms. The van der Waals surface area contributed by atoms with Crippen molar-refractivity contribution in [2.45, 2.75) is 66.0 Å². The van der Waals surface area contributed by atoms with E-state index >= 15 is 0 Å². The van der Waals surface area contributed by atoms with Gasteiger partial charge >= 0.3 is 12.1 Å². The van der Waals surface area contributed by atoms with Gasteiger partial charge in [0, 0.05) is 44.3 Å². The van der Waals surface area contributed by atoms with Gasteiger partial charge < -0.3 is 33.9 Å². The van der Waals surface area contributed by atoms with Crippen LogP contribution in [0, 0.1) is 18.7 Å². The molecule has 0 saturated carbocycles. The summed E-state index contributed by atoms with van der Waals surface area (Å²) in [5, 5.41) is 2.67. The van der Waals surface area contributed by atoms with Crippen molar-refractivity contribution in [1.29, 1.82) is 0 Å². The highest BCUT2D eigenvalue weighted by Crippen LogP contribution is 2.17. The Morgan fingerprint density at radius 3 is 2.17 bits per heavy atom. The maximum Gasteiger partial charge on any atom is 0.407 e. The Bertz CT molecular complexity index is 907. The van der Waals surface area contributed by atoms with Crippen molar-refractivity contribution in [2.75, 3.05) is 59.8 Å². The third kappa shape index (κ3) is 16.4. The van der Waals surface area contributed by atoms with Crippen LogP contribution in [0.15, 0.2) is 18.2 Å². The summed E-state index contributed by atoms with van der Waals surface area (Å²) >= 11 is 0. The molecule has 0 aromatic heterocycles.